The molecule has 208 valence electrons. The number of carbonyl (C=O) groups is 1. The zero-order valence-electron chi connectivity index (χ0n) is 23.0. The third-order valence-corrected chi connectivity index (χ3v) is 6.63. The van der Waals surface area contributed by atoms with E-state index in [4.69, 9.17) is 18.9 Å². The molecule has 0 spiro atoms. The second-order valence-electron chi connectivity index (χ2n) is 9.63. The van der Waals surface area contributed by atoms with E-state index in [9.17, 15) is 10.1 Å². The molecule has 0 aliphatic carbocycles. The Balaban J connectivity index is 1.20. The maximum Gasteiger partial charge on any atom is 0.349 e. The summed E-state index contributed by atoms with van der Waals surface area (Å²) in [6, 6.07) is 22.1. The number of allylic oxidation sites excluding steroid dienone is 1. The highest BCUT2D eigenvalue weighted by Crippen LogP contribution is 2.31. The Hall–Kier alpha value is -5.10. The minimum atomic E-state index is -0.588. The fraction of sp³-hybridized carbons (Fsp3) is 0.250. The van der Waals surface area contributed by atoms with Gasteiger partial charge in [0.25, 0.3) is 0 Å². The summed E-state index contributed by atoms with van der Waals surface area (Å²) in [5.74, 6) is 3.37. The fourth-order valence-electron chi connectivity index (χ4n) is 4.50. The molecule has 0 bridgehead atoms. The molecule has 1 aliphatic rings. The van der Waals surface area contributed by atoms with E-state index in [2.05, 4.69) is 16.3 Å². The van der Waals surface area contributed by atoms with Crippen molar-refractivity contribution in [1.82, 2.24) is 14.8 Å². The van der Waals surface area contributed by atoms with Gasteiger partial charge in [-0.1, -0.05) is 30.2 Å². The Morgan fingerprint density at radius 1 is 0.951 bits per heavy atom. The largest absolute Gasteiger partial charge is 0.493 e. The molecule has 0 fully saturated rings. The van der Waals surface area contributed by atoms with Gasteiger partial charge < -0.3 is 23.5 Å². The van der Waals surface area contributed by atoms with Crippen LogP contribution in [0.25, 0.3) is 11.6 Å². The normalized spacial score (nSPS) is 13.0. The van der Waals surface area contributed by atoms with Crippen LogP contribution in [0.4, 0.5) is 0 Å². The topological polar surface area (TPSA) is 108 Å². The number of hydrogen-bond donors (Lipinski definition) is 0. The van der Waals surface area contributed by atoms with Crippen LogP contribution in [0.3, 0.4) is 0 Å². The number of methoxy groups -OCH3 is 1. The van der Waals surface area contributed by atoms with E-state index < -0.39 is 5.97 Å². The highest BCUT2D eigenvalue weighted by atomic mass is 16.6. The molecule has 4 aromatic rings. The molecule has 0 radical (unpaired) electrons. The molecule has 9 nitrogen and oxygen atoms in total. The van der Waals surface area contributed by atoms with Crippen molar-refractivity contribution in [2.75, 3.05) is 13.7 Å². The van der Waals surface area contributed by atoms with E-state index in [0.29, 0.717) is 34.2 Å². The standard InChI is InChI=1S/C32H30N4O5/c1-22-7-10-26(11-8-22)40-27-14-12-25(13-15-27)39-21-31(37)41-28-16-9-23(19-29(28)38-2)18-24(20-33)32-35-34-30-6-4-3-5-17-36(30)32/h7-16,18-19H,3-6,17,21H2,1-2H3/b24-18-. The average Bonchev–Trinajstić information content (AvgIpc) is 3.24. The summed E-state index contributed by atoms with van der Waals surface area (Å²) in [5.41, 5.74) is 2.26. The van der Waals surface area contributed by atoms with Crippen LogP contribution in [0.5, 0.6) is 28.7 Å². The van der Waals surface area contributed by atoms with E-state index in [1.165, 1.54) is 7.11 Å². The van der Waals surface area contributed by atoms with Crippen molar-refractivity contribution >= 4 is 17.6 Å². The number of benzene rings is 3. The van der Waals surface area contributed by atoms with Crippen LogP contribution in [-0.4, -0.2) is 34.5 Å². The number of carbonyl (C=O) groups excluding carboxylic acids is 1. The van der Waals surface area contributed by atoms with Crippen molar-refractivity contribution in [3.05, 3.63) is 89.5 Å². The van der Waals surface area contributed by atoms with Crippen LogP contribution >= 0.6 is 0 Å². The molecule has 0 unspecified atom stereocenters. The maximum atomic E-state index is 12.5. The summed E-state index contributed by atoms with van der Waals surface area (Å²) in [6.45, 7) is 2.52. The second kappa shape index (κ2) is 12.8. The Labute approximate surface area is 238 Å². The minimum absolute atomic E-state index is 0.245. The van der Waals surface area contributed by atoms with Gasteiger partial charge in [-0.05, 0) is 79.9 Å². The predicted octanol–water partition coefficient (Wildman–Crippen LogP) is 6.16. The number of aryl methyl sites for hydroxylation is 2. The molecule has 0 atom stereocenters. The van der Waals surface area contributed by atoms with Crippen molar-refractivity contribution in [1.29, 1.82) is 5.26 Å². The van der Waals surface area contributed by atoms with Crippen molar-refractivity contribution in [3.8, 4) is 34.8 Å². The van der Waals surface area contributed by atoms with E-state index in [1.807, 2.05) is 35.8 Å². The molecular weight excluding hydrogens is 520 g/mol. The molecule has 1 aliphatic heterocycles. The first-order chi connectivity index (χ1) is 20.0. The number of hydrogen-bond acceptors (Lipinski definition) is 8. The summed E-state index contributed by atoms with van der Waals surface area (Å²) < 4.78 is 24.4. The summed E-state index contributed by atoms with van der Waals surface area (Å²) in [6.07, 6.45) is 5.82. The Bertz CT molecular complexity index is 1580. The first-order valence-corrected chi connectivity index (χ1v) is 13.4. The third kappa shape index (κ3) is 6.92. The molecule has 41 heavy (non-hydrogen) atoms. The lowest BCUT2D eigenvalue weighted by molar-refractivity contribution is -0.136. The first kappa shape index (κ1) is 27.5. The fourth-order valence-corrected chi connectivity index (χ4v) is 4.50. The van der Waals surface area contributed by atoms with Gasteiger partial charge in [0, 0.05) is 13.0 Å². The van der Waals surface area contributed by atoms with Crippen molar-refractivity contribution < 1.29 is 23.7 Å². The molecule has 0 N–H and O–H groups in total. The monoisotopic (exact) mass is 550 g/mol. The quantitative estimate of drug-likeness (QED) is 0.138. The zero-order valence-corrected chi connectivity index (χ0v) is 23.0. The average molecular weight is 551 g/mol. The number of nitriles is 1. The SMILES string of the molecule is COc1cc(/C=C(/C#N)c2nnc3n2CCCCC3)ccc1OC(=O)COc1ccc(Oc2ccc(C)cc2)cc1. The molecule has 0 saturated carbocycles. The van der Waals surface area contributed by atoms with Crippen molar-refractivity contribution in [2.24, 2.45) is 0 Å². The molecule has 1 aromatic heterocycles. The molecule has 9 heteroatoms. The van der Waals surface area contributed by atoms with Gasteiger partial charge in [-0.25, -0.2) is 4.79 Å². The van der Waals surface area contributed by atoms with Crippen LogP contribution in [0.2, 0.25) is 0 Å². The zero-order chi connectivity index (χ0) is 28.6. The lowest BCUT2D eigenvalue weighted by atomic mass is 10.1. The highest BCUT2D eigenvalue weighted by molar-refractivity contribution is 5.87. The Morgan fingerprint density at radius 3 is 2.41 bits per heavy atom. The third-order valence-electron chi connectivity index (χ3n) is 6.63. The van der Waals surface area contributed by atoms with Gasteiger partial charge in [-0.15, -0.1) is 10.2 Å². The van der Waals surface area contributed by atoms with Crippen LogP contribution in [0, 0.1) is 18.3 Å². The molecule has 0 amide bonds. The van der Waals surface area contributed by atoms with Crippen LogP contribution in [-0.2, 0) is 17.8 Å². The van der Waals surface area contributed by atoms with E-state index in [1.54, 1.807) is 48.5 Å². The summed E-state index contributed by atoms with van der Waals surface area (Å²) >= 11 is 0. The van der Waals surface area contributed by atoms with Crippen molar-refractivity contribution in [2.45, 2.75) is 39.2 Å². The first-order valence-electron chi connectivity index (χ1n) is 13.4. The molecule has 5 rings (SSSR count). The van der Waals surface area contributed by atoms with Gasteiger partial charge in [0.05, 0.1) is 12.7 Å². The highest BCUT2D eigenvalue weighted by Gasteiger charge is 2.18. The van der Waals surface area contributed by atoms with Crippen LogP contribution in [0.15, 0.2) is 66.7 Å². The second-order valence-corrected chi connectivity index (χ2v) is 9.63. The summed E-state index contributed by atoms with van der Waals surface area (Å²) in [7, 11) is 1.49. The van der Waals surface area contributed by atoms with Gasteiger partial charge in [-0.2, -0.15) is 5.26 Å². The molecular formula is C32H30N4O5. The number of ether oxygens (including phenoxy) is 4. The van der Waals surface area contributed by atoms with Crippen LogP contribution in [0.1, 0.15) is 42.0 Å². The molecule has 2 heterocycles. The van der Waals surface area contributed by atoms with Gasteiger partial charge in [0.1, 0.15) is 29.1 Å². The summed E-state index contributed by atoms with van der Waals surface area (Å²) in [5, 5.41) is 18.4. The van der Waals surface area contributed by atoms with Gasteiger partial charge in [0.15, 0.2) is 23.9 Å². The van der Waals surface area contributed by atoms with Crippen LogP contribution < -0.4 is 18.9 Å². The minimum Gasteiger partial charge on any atom is -0.493 e. The van der Waals surface area contributed by atoms with Gasteiger partial charge in [0.2, 0.25) is 0 Å². The van der Waals surface area contributed by atoms with Gasteiger partial charge in [-0.3, -0.25) is 0 Å². The lowest BCUT2D eigenvalue weighted by Gasteiger charge is -2.11. The maximum absolute atomic E-state index is 12.5. The smallest absolute Gasteiger partial charge is 0.349 e. The number of fused-ring (bicyclic) bond motifs is 1. The lowest BCUT2D eigenvalue weighted by Crippen LogP contribution is -2.18. The number of aromatic nitrogens is 3. The predicted molar refractivity (Wildman–Crippen MR) is 153 cm³/mol. The Morgan fingerprint density at radius 2 is 1.68 bits per heavy atom. The van der Waals surface area contributed by atoms with E-state index >= 15 is 0 Å². The number of nitrogens with zero attached hydrogens (tertiary/aromatic N) is 4. The Kier molecular flexibility index (Phi) is 8.60. The molecule has 3 aromatic carbocycles. The van der Waals surface area contributed by atoms with Gasteiger partial charge >= 0.3 is 5.97 Å². The molecule has 0 saturated heterocycles. The van der Waals surface area contributed by atoms with E-state index in [-0.39, 0.29) is 12.4 Å². The number of rotatable bonds is 9. The summed E-state index contributed by atoms with van der Waals surface area (Å²) in [4.78, 5) is 12.5. The van der Waals surface area contributed by atoms with E-state index in [0.717, 1.165) is 49.4 Å². The van der Waals surface area contributed by atoms with Crippen molar-refractivity contribution in [3.63, 3.8) is 0 Å². The number of esters is 1.